The minimum Gasteiger partial charge on any atom is -0.326 e. The van der Waals surface area contributed by atoms with Crippen LogP contribution in [-0.2, 0) is 18.3 Å². The maximum absolute atomic E-state index is 12.0. The lowest BCUT2D eigenvalue weighted by Crippen LogP contribution is -2.16. The van der Waals surface area contributed by atoms with Gasteiger partial charge in [-0.1, -0.05) is 12.1 Å². The summed E-state index contributed by atoms with van der Waals surface area (Å²) < 4.78 is 1.70. The van der Waals surface area contributed by atoms with Gasteiger partial charge in [-0.05, 0) is 32.0 Å². The quantitative estimate of drug-likeness (QED) is 0.866. The fourth-order valence-corrected chi connectivity index (χ4v) is 2.02. The predicted molar refractivity (Wildman–Crippen MR) is 76.7 cm³/mol. The molecule has 0 saturated heterocycles. The van der Waals surface area contributed by atoms with E-state index in [1.54, 1.807) is 28.9 Å². The monoisotopic (exact) mass is 271 g/mol. The second-order valence-electron chi connectivity index (χ2n) is 4.76. The summed E-state index contributed by atoms with van der Waals surface area (Å²) in [7, 11) is 1.81. The lowest BCUT2D eigenvalue weighted by Gasteiger charge is -2.06. The zero-order valence-electron chi connectivity index (χ0n) is 11.8. The molecule has 1 aromatic carbocycles. The molecule has 1 N–H and O–H groups in total. The molecule has 1 heterocycles. The second kappa shape index (κ2) is 5.69. The van der Waals surface area contributed by atoms with Crippen molar-refractivity contribution in [2.75, 3.05) is 5.32 Å². The molecule has 1 amide bonds. The van der Waals surface area contributed by atoms with Crippen molar-refractivity contribution in [1.29, 1.82) is 0 Å². The Morgan fingerprint density at radius 3 is 2.65 bits per heavy atom. The number of benzene rings is 1. The second-order valence-corrected chi connectivity index (χ2v) is 4.76. The highest BCUT2D eigenvalue weighted by atomic mass is 16.1. The first-order valence-electron chi connectivity index (χ1n) is 6.36. The maximum Gasteiger partial charge on any atom is 0.230 e. The number of hydrogen-bond donors (Lipinski definition) is 1. The number of anilines is 1. The van der Waals surface area contributed by atoms with Gasteiger partial charge in [0.25, 0.3) is 0 Å². The SMILES string of the molecule is CC(=O)c1cccc(NC(=O)Cc2cc(C)nn2C)c1. The summed E-state index contributed by atoms with van der Waals surface area (Å²) in [6.45, 7) is 3.39. The van der Waals surface area contributed by atoms with Crippen LogP contribution < -0.4 is 5.32 Å². The minimum atomic E-state index is -0.131. The van der Waals surface area contributed by atoms with Crippen LogP contribution in [0, 0.1) is 6.92 Å². The standard InChI is InChI=1S/C15H17N3O2/c1-10-7-14(18(3)17-10)9-15(20)16-13-6-4-5-12(8-13)11(2)19/h4-8H,9H2,1-3H3,(H,16,20). The number of nitrogens with zero attached hydrogens (tertiary/aromatic N) is 2. The Kier molecular flexibility index (Phi) is 3.98. The Balaban J connectivity index is 2.06. The summed E-state index contributed by atoms with van der Waals surface area (Å²) in [5.74, 6) is -0.155. The van der Waals surface area contributed by atoms with Gasteiger partial charge >= 0.3 is 0 Å². The number of aryl methyl sites for hydroxylation is 2. The van der Waals surface area contributed by atoms with Crippen molar-refractivity contribution in [3.05, 3.63) is 47.3 Å². The van der Waals surface area contributed by atoms with E-state index in [4.69, 9.17) is 0 Å². The third-order valence-corrected chi connectivity index (χ3v) is 2.99. The van der Waals surface area contributed by atoms with E-state index in [2.05, 4.69) is 10.4 Å². The van der Waals surface area contributed by atoms with E-state index >= 15 is 0 Å². The van der Waals surface area contributed by atoms with Crippen molar-refractivity contribution >= 4 is 17.4 Å². The van der Waals surface area contributed by atoms with Crippen LogP contribution >= 0.6 is 0 Å². The van der Waals surface area contributed by atoms with Gasteiger partial charge in [-0.2, -0.15) is 5.10 Å². The van der Waals surface area contributed by atoms with Crippen LogP contribution in [0.25, 0.3) is 0 Å². The molecule has 2 rings (SSSR count). The van der Waals surface area contributed by atoms with Gasteiger partial charge in [-0.3, -0.25) is 14.3 Å². The minimum absolute atomic E-state index is 0.0247. The van der Waals surface area contributed by atoms with Gasteiger partial charge in [0, 0.05) is 24.0 Å². The van der Waals surface area contributed by atoms with E-state index in [0.717, 1.165) is 11.4 Å². The molecular formula is C15H17N3O2. The molecule has 0 aliphatic rings. The third-order valence-electron chi connectivity index (χ3n) is 2.99. The number of amides is 1. The van der Waals surface area contributed by atoms with Crippen LogP contribution in [0.15, 0.2) is 30.3 Å². The van der Waals surface area contributed by atoms with E-state index in [0.29, 0.717) is 11.3 Å². The van der Waals surface area contributed by atoms with Crippen molar-refractivity contribution in [2.45, 2.75) is 20.3 Å². The molecule has 0 radical (unpaired) electrons. The Hall–Kier alpha value is -2.43. The molecule has 0 aliphatic heterocycles. The lowest BCUT2D eigenvalue weighted by molar-refractivity contribution is -0.115. The molecule has 1 aromatic heterocycles. The fourth-order valence-electron chi connectivity index (χ4n) is 2.02. The summed E-state index contributed by atoms with van der Waals surface area (Å²) in [5.41, 5.74) is 2.94. The number of nitrogens with one attached hydrogen (secondary N) is 1. The Morgan fingerprint density at radius 2 is 2.05 bits per heavy atom. The predicted octanol–water partition coefficient (Wildman–Crippen LogP) is 2.11. The largest absolute Gasteiger partial charge is 0.326 e. The topological polar surface area (TPSA) is 64.0 Å². The van der Waals surface area contributed by atoms with E-state index < -0.39 is 0 Å². The highest BCUT2D eigenvalue weighted by Gasteiger charge is 2.09. The Labute approximate surface area is 117 Å². The first-order chi connectivity index (χ1) is 9.45. The van der Waals surface area contributed by atoms with Crippen molar-refractivity contribution in [3.8, 4) is 0 Å². The van der Waals surface area contributed by atoms with E-state index in [1.807, 2.05) is 20.0 Å². The number of ketones is 1. The number of aromatic nitrogens is 2. The van der Waals surface area contributed by atoms with Gasteiger partial charge in [0.05, 0.1) is 12.1 Å². The molecule has 0 atom stereocenters. The molecule has 0 saturated carbocycles. The lowest BCUT2D eigenvalue weighted by atomic mass is 10.1. The average molecular weight is 271 g/mol. The molecule has 0 unspecified atom stereocenters. The van der Waals surface area contributed by atoms with Crippen molar-refractivity contribution < 1.29 is 9.59 Å². The number of carbonyl (C=O) groups excluding carboxylic acids is 2. The number of carbonyl (C=O) groups is 2. The van der Waals surface area contributed by atoms with Gasteiger partial charge in [0.15, 0.2) is 5.78 Å². The first kappa shape index (κ1) is 14.0. The molecule has 5 heteroatoms. The number of Topliss-reactive ketones (excluding diaryl/α,β-unsaturated/α-hetero) is 1. The maximum atomic E-state index is 12.0. The van der Waals surface area contributed by atoms with Gasteiger partial charge in [-0.15, -0.1) is 0 Å². The molecule has 0 spiro atoms. The molecule has 0 aliphatic carbocycles. The zero-order valence-corrected chi connectivity index (χ0v) is 11.8. The summed E-state index contributed by atoms with van der Waals surface area (Å²) >= 11 is 0. The molecule has 2 aromatic rings. The molecule has 104 valence electrons. The van der Waals surface area contributed by atoms with Crippen molar-refractivity contribution in [1.82, 2.24) is 9.78 Å². The van der Waals surface area contributed by atoms with Gasteiger partial charge in [0.1, 0.15) is 0 Å². The average Bonchev–Trinajstić information content (AvgIpc) is 2.67. The van der Waals surface area contributed by atoms with Gasteiger partial charge in [0.2, 0.25) is 5.91 Å². The summed E-state index contributed by atoms with van der Waals surface area (Å²) in [5, 5.41) is 6.99. The van der Waals surface area contributed by atoms with Crippen molar-refractivity contribution in [3.63, 3.8) is 0 Å². The van der Waals surface area contributed by atoms with E-state index in [-0.39, 0.29) is 18.1 Å². The van der Waals surface area contributed by atoms with Gasteiger partial charge < -0.3 is 5.32 Å². The molecule has 0 bridgehead atoms. The van der Waals surface area contributed by atoms with Crippen molar-refractivity contribution in [2.24, 2.45) is 7.05 Å². The fraction of sp³-hybridized carbons (Fsp3) is 0.267. The van der Waals surface area contributed by atoms with Gasteiger partial charge in [-0.25, -0.2) is 0 Å². The van der Waals surface area contributed by atoms with E-state index in [1.165, 1.54) is 6.92 Å². The molecule has 20 heavy (non-hydrogen) atoms. The smallest absolute Gasteiger partial charge is 0.230 e. The summed E-state index contributed by atoms with van der Waals surface area (Å²) in [6.07, 6.45) is 0.252. The van der Waals surface area contributed by atoms with E-state index in [9.17, 15) is 9.59 Å². The van der Waals surface area contributed by atoms with Crippen LogP contribution in [0.5, 0.6) is 0 Å². The number of rotatable bonds is 4. The molecule has 0 fully saturated rings. The molecular weight excluding hydrogens is 254 g/mol. The summed E-state index contributed by atoms with van der Waals surface area (Å²) in [4.78, 5) is 23.3. The zero-order chi connectivity index (χ0) is 14.7. The van der Waals surface area contributed by atoms with Crippen LogP contribution in [0.2, 0.25) is 0 Å². The van der Waals surface area contributed by atoms with Crippen LogP contribution in [0.3, 0.4) is 0 Å². The Bertz CT molecular complexity index is 659. The summed E-state index contributed by atoms with van der Waals surface area (Å²) in [6, 6.07) is 8.79. The highest BCUT2D eigenvalue weighted by molar-refractivity contribution is 5.97. The van der Waals surface area contributed by atoms with Crippen LogP contribution in [0.1, 0.15) is 28.7 Å². The van der Waals surface area contributed by atoms with Crippen LogP contribution in [0.4, 0.5) is 5.69 Å². The third kappa shape index (κ3) is 3.32. The normalized spacial score (nSPS) is 10.3. The molecule has 5 nitrogen and oxygen atoms in total. The Morgan fingerprint density at radius 1 is 1.30 bits per heavy atom. The number of hydrogen-bond acceptors (Lipinski definition) is 3. The highest BCUT2D eigenvalue weighted by Crippen LogP contribution is 2.12. The van der Waals surface area contributed by atoms with Crippen LogP contribution in [-0.4, -0.2) is 21.5 Å². The first-order valence-corrected chi connectivity index (χ1v) is 6.36.